The molecule has 21 heavy (non-hydrogen) atoms. The molecule has 2 aromatic carbocycles. The highest BCUT2D eigenvalue weighted by molar-refractivity contribution is 5.87. The van der Waals surface area contributed by atoms with Gasteiger partial charge in [0.05, 0.1) is 4.92 Å². The first-order chi connectivity index (χ1) is 10.1. The predicted molar refractivity (Wildman–Crippen MR) is 76.8 cm³/mol. The number of nitro groups is 1. The van der Waals surface area contributed by atoms with E-state index >= 15 is 0 Å². The maximum absolute atomic E-state index is 11.5. The second-order valence-corrected chi connectivity index (χ2v) is 4.83. The molecule has 6 nitrogen and oxygen atoms in total. The lowest BCUT2D eigenvalue weighted by Crippen LogP contribution is -2.35. The van der Waals surface area contributed by atoms with Gasteiger partial charge in [-0.2, -0.15) is 0 Å². The summed E-state index contributed by atoms with van der Waals surface area (Å²) < 4.78 is 0. The van der Waals surface area contributed by atoms with Crippen molar-refractivity contribution in [1.29, 1.82) is 0 Å². The standard InChI is InChI=1S/C15H12N2O4/c18-15(19)14-9-10-3-1-2-4-13(10)16(14)11-5-7-12(8-6-11)17(20)21/h1-8,14H,9H2,(H,18,19)/t14-/m0/s1. The Hall–Kier alpha value is -2.89. The number of non-ortho nitro benzene ring substituents is 1. The molecule has 1 heterocycles. The molecule has 106 valence electrons. The minimum Gasteiger partial charge on any atom is -0.480 e. The Morgan fingerprint density at radius 2 is 1.86 bits per heavy atom. The molecule has 0 aromatic heterocycles. The first-order valence-corrected chi connectivity index (χ1v) is 6.42. The van der Waals surface area contributed by atoms with Crippen molar-refractivity contribution in [2.24, 2.45) is 0 Å². The van der Waals surface area contributed by atoms with Gasteiger partial charge in [0.2, 0.25) is 0 Å². The van der Waals surface area contributed by atoms with Gasteiger partial charge in [0.25, 0.3) is 5.69 Å². The quantitative estimate of drug-likeness (QED) is 0.692. The third-order valence-corrected chi connectivity index (χ3v) is 3.60. The van der Waals surface area contributed by atoms with Gasteiger partial charge in [0, 0.05) is 29.9 Å². The normalized spacial score (nSPS) is 16.6. The summed E-state index contributed by atoms with van der Waals surface area (Å²) in [7, 11) is 0. The first-order valence-electron chi connectivity index (χ1n) is 6.42. The summed E-state index contributed by atoms with van der Waals surface area (Å²) >= 11 is 0. The van der Waals surface area contributed by atoms with Crippen molar-refractivity contribution in [3.05, 3.63) is 64.2 Å². The highest BCUT2D eigenvalue weighted by atomic mass is 16.6. The third-order valence-electron chi connectivity index (χ3n) is 3.60. The van der Waals surface area contributed by atoms with E-state index in [0.29, 0.717) is 12.1 Å². The zero-order valence-electron chi connectivity index (χ0n) is 11.0. The van der Waals surface area contributed by atoms with Crippen LogP contribution in [-0.2, 0) is 11.2 Å². The van der Waals surface area contributed by atoms with Crippen LogP contribution in [0.2, 0.25) is 0 Å². The largest absolute Gasteiger partial charge is 0.480 e. The van der Waals surface area contributed by atoms with Crippen LogP contribution in [0.4, 0.5) is 17.1 Å². The van der Waals surface area contributed by atoms with Crippen molar-refractivity contribution in [2.75, 3.05) is 4.90 Å². The molecule has 0 spiro atoms. The van der Waals surface area contributed by atoms with Gasteiger partial charge in [-0.05, 0) is 23.8 Å². The van der Waals surface area contributed by atoms with Gasteiger partial charge in [0.15, 0.2) is 0 Å². The number of hydrogen-bond donors (Lipinski definition) is 1. The number of fused-ring (bicyclic) bond motifs is 1. The molecule has 0 radical (unpaired) electrons. The van der Waals surface area contributed by atoms with Crippen molar-refractivity contribution in [2.45, 2.75) is 12.5 Å². The molecule has 1 aliphatic rings. The lowest BCUT2D eigenvalue weighted by atomic mass is 10.1. The number of nitro benzene ring substituents is 1. The Labute approximate surface area is 120 Å². The van der Waals surface area contributed by atoms with Gasteiger partial charge in [-0.15, -0.1) is 0 Å². The predicted octanol–water partition coefficient (Wildman–Crippen LogP) is 2.74. The van der Waals surface area contributed by atoms with E-state index in [2.05, 4.69) is 0 Å². The van der Waals surface area contributed by atoms with Gasteiger partial charge in [0.1, 0.15) is 6.04 Å². The van der Waals surface area contributed by atoms with Gasteiger partial charge < -0.3 is 10.0 Å². The van der Waals surface area contributed by atoms with Crippen molar-refractivity contribution in [1.82, 2.24) is 0 Å². The average Bonchev–Trinajstić information content (AvgIpc) is 2.87. The van der Waals surface area contributed by atoms with Crippen LogP contribution in [0.25, 0.3) is 0 Å². The molecule has 2 aromatic rings. The minimum atomic E-state index is -0.912. The first kappa shape index (κ1) is 13.1. The van der Waals surface area contributed by atoms with E-state index in [1.165, 1.54) is 12.1 Å². The molecule has 1 N–H and O–H groups in total. The Morgan fingerprint density at radius 1 is 1.19 bits per heavy atom. The van der Waals surface area contributed by atoms with Crippen molar-refractivity contribution < 1.29 is 14.8 Å². The van der Waals surface area contributed by atoms with Gasteiger partial charge in [-0.3, -0.25) is 10.1 Å². The number of carbonyl (C=O) groups is 1. The van der Waals surface area contributed by atoms with E-state index < -0.39 is 16.9 Å². The Kier molecular flexibility index (Phi) is 3.06. The van der Waals surface area contributed by atoms with Crippen molar-refractivity contribution in [3.8, 4) is 0 Å². The Bertz CT molecular complexity index is 712. The lowest BCUT2D eigenvalue weighted by Gasteiger charge is -2.24. The molecule has 0 fully saturated rings. The molecule has 0 saturated heterocycles. The zero-order valence-corrected chi connectivity index (χ0v) is 11.0. The monoisotopic (exact) mass is 284 g/mol. The molecule has 0 amide bonds. The fourth-order valence-corrected chi connectivity index (χ4v) is 2.64. The summed E-state index contributed by atoms with van der Waals surface area (Å²) in [6, 6.07) is 12.7. The van der Waals surface area contributed by atoms with E-state index in [1.54, 1.807) is 17.0 Å². The number of anilines is 2. The molecular weight excluding hydrogens is 272 g/mol. The summed E-state index contributed by atoms with van der Waals surface area (Å²) in [5.74, 6) is -0.912. The van der Waals surface area contributed by atoms with Crippen LogP contribution in [0.1, 0.15) is 5.56 Å². The molecular formula is C15H12N2O4. The molecule has 3 rings (SSSR count). The van der Waals surface area contributed by atoms with Crippen molar-refractivity contribution >= 4 is 23.0 Å². The summed E-state index contributed by atoms with van der Waals surface area (Å²) in [6.07, 6.45) is 0.419. The minimum absolute atomic E-state index is 0.0156. The Morgan fingerprint density at radius 3 is 2.48 bits per heavy atom. The van der Waals surface area contributed by atoms with E-state index in [-0.39, 0.29) is 5.69 Å². The highest BCUT2D eigenvalue weighted by Crippen LogP contribution is 2.38. The number of carboxylic acids is 1. The highest BCUT2D eigenvalue weighted by Gasteiger charge is 2.35. The van der Waals surface area contributed by atoms with Crippen LogP contribution < -0.4 is 4.90 Å². The number of rotatable bonds is 3. The summed E-state index contributed by atoms with van der Waals surface area (Å²) in [5, 5.41) is 20.1. The van der Waals surface area contributed by atoms with E-state index in [4.69, 9.17) is 0 Å². The number of nitrogens with zero attached hydrogens (tertiary/aromatic N) is 2. The van der Waals surface area contributed by atoms with Crippen LogP contribution in [0.5, 0.6) is 0 Å². The Balaban J connectivity index is 2.05. The van der Waals surface area contributed by atoms with E-state index in [9.17, 15) is 20.0 Å². The zero-order chi connectivity index (χ0) is 15.0. The molecule has 6 heteroatoms. The van der Waals surface area contributed by atoms with Crippen LogP contribution in [-0.4, -0.2) is 22.0 Å². The number of carboxylic acid groups (broad SMARTS) is 1. The second kappa shape index (κ2) is 4.90. The van der Waals surface area contributed by atoms with Crippen molar-refractivity contribution in [3.63, 3.8) is 0 Å². The maximum Gasteiger partial charge on any atom is 0.327 e. The molecule has 0 aliphatic carbocycles. The number of benzene rings is 2. The smallest absolute Gasteiger partial charge is 0.327 e. The summed E-state index contributed by atoms with van der Waals surface area (Å²) in [5.41, 5.74) is 2.41. The molecule has 1 aliphatic heterocycles. The summed E-state index contributed by atoms with van der Waals surface area (Å²) in [6.45, 7) is 0. The molecule has 0 saturated carbocycles. The lowest BCUT2D eigenvalue weighted by molar-refractivity contribution is -0.384. The van der Waals surface area contributed by atoms with Gasteiger partial charge >= 0.3 is 5.97 Å². The number of para-hydroxylation sites is 1. The van der Waals surface area contributed by atoms with Gasteiger partial charge in [-0.25, -0.2) is 4.79 Å². The van der Waals surface area contributed by atoms with Crippen LogP contribution in [0.15, 0.2) is 48.5 Å². The second-order valence-electron chi connectivity index (χ2n) is 4.83. The maximum atomic E-state index is 11.5. The topological polar surface area (TPSA) is 83.7 Å². The molecule has 0 bridgehead atoms. The number of hydrogen-bond acceptors (Lipinski definition) is 4. The van der Waals surface area contributed by atoms with Crippen LogP contribution in [0, 0.1) is 10.1 Å². The third kappa shape index (κ3) is 2.20. The van der Waals surface area contributed by atoms with Gasteiger partial charge in [-0.1, -0.05) is 18.2 Å². The summed E-state index contributed by atoms with van der Waals surface area (Å²) in [4.78, 5) is 23.4. The van der Waals surface area contributed by atoms with Crippen LogP contribution >= 0.6 is 0 Å². The SMILES string of the molecule is O=C(O)[C@@H]1Cc2ccccc2N1c1ccc([N+](=O)[O-])cc1. The molecule has 0 unspecified atom stereocenters. The molecule has 1 atom stereocenters. The van der Waals surface area contributed by atoms with E-state index in [0.717, 1.165) is 11.3 Å². The fraction of sp³-hybridized carbons (Fsp3) is 0.133. The number of aliphatic carboxylic acids is 1. The van der Waals surface area contributed by atoms with Crippen LogP contribution in [0.3, 0.4) is 0 Å². The average molecular weight is 284 g/mol. The van der Waals surface area contributed by atoms with E-state index in [1.807, 2.05) is 24.3 Å². The fourth-order valence-electron chi connectivity index (χ4n) is 2.64.